The molecule has 0 spiro atoms. The molecule has 122 valence electrons. The largest absolute Gasteiger partial charge is 0.495 e. The van der Waals surface area contributed by atoms with E-state index < -0.39 is 6.10 Å². The molecule has 2 aromatic carbocycles. The number of carbonyl (C=O) groups is 1. The average molecular weight is 313 g/mol. The maximum Gasteiger partial charge on any atom is 0.265 e. The highest BCUT2D eigenvalue weighted by Crippen LogP contribution is 2.26. The smallest absolute Gasteiger partial charge is 0.265 e. The lowest BCUT2D eigenvalue weighted by Crippen LogP contribution is -2.30. The van der Waals surface area contributed by atoms with Crippen LogP contribution in [0.5, 0.6) is 11.5 Å². The second-order valence-corrected chi connectivity index (χ2v) is 5.65. The Hall–Kier alpha value is -2.49. The predicted molar refractivity (Wildman–Crippen MR) is 92.4 cm³/mol. The van der Waals surface area contributed by atoms with Gasteiger partial charge in [-0.25, -0.2) is 0 Å². The van der Waals surface area contributed by atoms with Crippen LogP contribution in [0.25, 0.3) is 0 Å². The van der Waals surface area contributed by atoms with Crippen LogP contribution < -0.4 is 14.8 Å². The van der Waals surface area contributed by atoms with E-state index in [0.717, 1.165) is 22.4 Å². The number of ether oxygens (including phenoxy) is 2. The molecule has 1 unspecified atom stereocenters. The molecule has 0 aromatic heterocycles. The number of para-hydroxylation sites is 2. The van der Waals surface area contributed by atoms with Crippen LogP contribution in [0, 0.1) is 20.8 Å². The SMILES string of the molecule is COc1ccccc1NC(=O)C(C)Oc1cc(C)cc(C)c1C. The van der Waals surface area contributed by atoms with Crippen molar-refractivity contribution in [3.8, 4) is 11.5 Å². The molecule has 4 heteroatoms. The Morgan fingerprint density at radius 2 is 1.78 bits per heavy atom. The first-order valence-electron chi connectivity index (χ1n) is 7.60. The minimum atomic E-state index is -0.611. The molecule has 0 bridgehead atoms. The number of benzene rings is 2. The third-order valence-electron chi connectivity index (χ3n) is 3.80. The zero-order chi connectivity index (χ0) is 17.0. The number of anilines is 1. The lowest BCUT2D eigenvalue weighted by atomic mass is 10.1. The van der Waals surface area contributed by atoms with Gasteiger partial charge in [0.05, 0.1) is 12.8 Å². The van der Waals surface area contributed by atoms with Crippen LogP contribution in [0.1, 0.15) is 23.6 Å². The van der Waals surface area contributed by atoms with E-state index in [1.165, 1.54) is 0 Å². The Balaban J connectivity index is 2.12. The second-order valence-electron chi connectivity index (χ2n) is 5.65. The summed E-state index contributed by atoms with van der Waals surface area (Å²) < 4.78 is 11.1. The van der Waals surface area contributed by atoms with Crippen LogP contribution in [0.3, 0.4) is 0 Å². The Kier molecular flexibility index (Phi) is 5.27. The van der Waals surface area contributed by atoms with Crippen molar-refractivity contribution >= 4 is 11.6 Å². The summed E-state index contributed by atoms with van der Waals surface area (Å²) in [7, 11) is 1.57. The Morgan fingerprint density at radius 3 is 2.48 bits per heavy atom. The summed E-state index contributed by atoms with van der Waals surface area (Å²) in [6, 6.07) is 11.3. The van der Waals surface area contributed by atoms with Crippen LogP contribution in [0.4, 0.5) is 5.69 Å². The summed E-state index contributed by atoms with van der Waals surface area (Å²) in [5, 5.41) is 2.84. The van der Waals surface area contributed by atoms with Crippen LogP contribution in [-0.4, -0.2) is 19.1 Å². The predicted octanol–water partition coefficient (Wildman–Crippen LogP) is 4.03. The van der Waals surface area contributed by atoms with Gasteiger partial charge in [0.2, 0.25) is 0 Å². The monoisotopic (exact) mass is 313 g/mol. The standard InChI is InChI=1S/C19H23NO3/c1-12-10-13(2)14(3)18(11-12)23-15(4)19(21)20-16-8-6-7-9-17(16)22-5/h6-11,15H,1-5H3,(H,20,21). The van der Waals surface area contributed by atoms with Crippen LogP contribution in [-0.2, 0) is 4.79 Å². The van der Waals surface area contributed by atoms with E-state index in [-0.39, 0.29) is 5.91 Å². The number of aryl methyl sites for hydroxylation is 2. The van der Waals surface area contributed by atoms with Gasteiger partial charge in [0, 0.05) is 0 Å². The van der Waals surface area contributed by atoms with Crippen molar-refractivity contribution in [3.63, 3.8) is 0 Å². The average Bonchev–Trinajstić information content (AvgIpc) is 2.52. The van der Waals surface area contributed by atoms with E-state index in [4.69, 9.17) is 9.47 Å². The van der Waals surface area contributed by atoms with Gasteiger partial charge in [-0.1, -0.05) is 18.2 Å². The first-order chi connectivity index (χ1) is 10.9. The summed E-state index contributed by atoms with van der Waals surface area (Å²) in [6.45, 7) is 7.78. The van der Waals surface area contributed by atoms with Crippen molar-refractivity contribution in [2.45, 2.75) is 33.8 Å². The molecule has 0 saturated heterocycles. The first kappa shape index (κ1) is 16.9. The zero-order valence-electron chi connectivity index (χ0n) is 14.3. The zero-order valence-corrected chi connectivity index (χ0v) is 14.3. The van der Waals surface area contributed by atoms with Gasteiger partial charge in [0.25, 0.3) is 5.91 Å². The van der Waals surface area contributed by atoms with E-state index >= 15 is 0 Å². The van der Waals surface area contributed by atoms with E-state index in [2.05, 4.69) is 11.4 Å². The van der Waals surface area contributed by atoms with Gasteiger partial charge in [-0.3, -0.25) is 4.79 Å². The van der Waals surface area contributed by atoms with Gasteiger partial charge in [-0.2, -0.15) is 0 Å². The third kappa shape index (κ3) is 4.03. The Bertz CT molecular complexity index is 710. The maximum absolute atomic E-state index is 12.4. The number of methoxy groups -OCH3 is 1. The second kappa shape index (κ2) is 7.18. The van der Waals surface area contributed by atoms with Gasteiger partial charge in [-0.05, 0) is 62.6 Å². The number of nitrogens with one attached hydrogen (secondary N) is 1. The first-order valence-corrected chi connectivity index (χ1v) is 7.60. The van der Waals surface area contributed by atoms with E-state index in [1.54, 1.807) is 26.2 Å². The minimum Gasteiger partial charge on any atom is -0.495 e. The van der Waals surface area contributed by atoms with Gasteiger partial charge < -0.3 is 14.8 Å². The number of rotatable bonds is 5. The molecule has 0 saturated carbocycles. The summed E-state index contributed by atoms with van der Waals surface area (Å²) in [6.07, 6.45) is -0.611. The molecule has 0 aliphatic rings. The summed E-state index contributed by atoms with van der Waals surface area (Å²) in [5.74, 6) is 1.15. The fourth-order valence-electron chi connectivity index (χ4n) is 2.35. The van der Waals surface area contributed by atoms with Gasteiger partial charge in [0.1, 0.15) is 11.5 Å². The highest BCUT2D eigenvalue weighted by Gasteiger charge is 2.18. The molecule has 2 rings (SSSR count). The molecule has 0 aliphatic carbocycles. The fourth-order valence-corrected chi connectivity index (χ4v) is 2.35. The topological polar surface area (TPSA) is 47.6 Å². The highest BCUT2D eigenvalue weighted by atomic mass is 16.5. The van der Waals surface area contributed by atoms with Crippen LogP contribution in [0.2, 0.25) is 0 Å². The maximum atomic E-state index is 12.4. The highest BCUT2D eigenvalue weighted by molar-refractivity contribution is 5.95. The van der Waals surface area contributed by atoms with Crippen LogP contribution in [0.15, 0.2) is 36.4 Å². The van der Waals surface area contributed by atoms with Crippen molar-refractivity contribution < 1.29 is 14.3 Å². The van der Waals surface area contributed by atoms with Gasteiger partial charge in [-0.15, -0.1) is 0 Å². The Labute approximate surface area is 137 Å². The fraction of sp³-hybridized carbons (Fsp3) is 0.316. The van der Waals surface area contributed by atoms with Crippen molar-refractivity contribution in [1.29, 1.82) is 0 Å². The number of hydrogen-bond acceptors (Lipinski definition) is 3. The van der Waals surface area contributed by atoms with Crippen LogP contribution >= 0.6 is 0 Å². The molecule has 1 N–H and O–H groups in total. The number of hydrogen-bond donors (Lipinski definition) is 1. The lowest BCUT2D eigenvalue weighted by molar-refractivity contribution is -0.122. The molecular formula is C19H23NO3. The molecule has 4 nitrogen and oxygen atoms in total. The quantitative estimate of drug-likeness (QED) is 0.906. The minimum absolute atomic E-state index is 0.215. The molecule has 0 aliphatic heterocycles. The number of carbonyl (C=O) groups excluding carboxylic acids is 1. The van der Waals surface area contributed by atoms with E-state index in [9.17, 15) is 4.79 Å². The molecule has 1 amide bonds. The summed E-state index contributed by atoms with van der Waals surface area (Å²) in [4.78, 5) is 12.4. The molecule has 0 fully saturated rings. The molecular weight excluding hydrogens is 290 g/mol. The summed E-state index contributed by atoms with van der Waals surface area (Å²) >= 11 is 0. The van der Waals surface area contributed by atoms with E-state index in [1.807, 2.05) is 39.0 Å². The molecule has 1 atom stereocenters. The molecule has 23 heavy (non-hydrogen) atoms. The molecule has 0 heterocycles. The molecule has 2 aromatic rings. The van der Waals surface area contributed by atoms with Crippen molar-refractivity contribution in [2.75, 3.05) is 12.4 Å². The van der Waals surface area contributed by atoms with Crippen molar-refractivity contribution in [1.82, 2.24) is 0 Å². The molecule has 0 radical (unpaired) electrons. The van der Waals surface area contributed by atoms with E-state index in [0.29, 0.717) is 11.4 Å². The third-order valence-corrected chi connectivity index (χ3v) is 3.80. The van der Waals surface area contributed by atoms with Gasteiger partial charge in [0.15, 0.2) is 6.10 Å². The van der Waals surface area contributed by atoms with Crippen molar-refractivity contribution in [2.24, 2.45) is 0 Å². The summed E-state index contributed by atoms with van der Waals surface area (Å²) in [5.41, 5.74) is 3.94. The Morgan fingerprint density at radius 1 is 1.09 bits per heavy atom. The number of amides is 1. The normalized spacial score (nSPS) is 11.7. The lowest BCUT2D eigenvalue weighted by Gasteiger charge is -2.18. The van der Waals surface area contributed by atoms with Gasteiger partial charge >= 0.3 is 0 Å². The van der Waals surface area contributed by atoms with Crippen molar-refractivity contribution in [3.05, 3.63) is 53.1 Å².